The van der Waals surface area contributed by atoms with Crippen LogP contribution >= 0.6 is 0 Å². The molecule has 0 aliphatic rings. The summed E-state index contributed by atoms with van der Waals surface area (Å²) < 4.78 is 7.42. The molecule has 2 N–H and O–H groups in total. The second kappa shape index (κ2) is 7.69. The molecule has 0 unspecified atom stereocenters. The molecule has 1 aromatic heterocycles. The molecule has 0 saturated carbocycles. The molecule has 0 aliphatic heterocycles. The third kappa shape index (κ3) is 4.00. The quantitative estimate of drug-likeness (QED) is 0.666. The van der Waals surface area contributed by atoms with Crippen molar-refractivity contribution in [3.63, 3.8) is 0 Å². The van der Waals surface area contributed by atoms with Crippen LogP contribution in [0.5, 0.6) is 11.5 Å². The number of rotatable bonds is 6. The Labute approximate surface area is 151 Å². The van der Waals surface area contributed by atoms with Crippen LogP contribution in [0.1, 0.15) is 18.1 Å². The Kier molecular flexibility index (Phi) is 5.17. The van der Waals surface area contributed by atoms with E-state index in [0.29, 0.717) is 11.4 Å². The first-order chi connectivity index (χ1) is 12.6. The maximum Gasteiger partial charge on any atom is 0.262 e. The van der Waals surface area contributed by atoms with Crippen molar-refractivity contribution in [2.75, 3.05) is 11.9 Å². The molecule has 26 heavy (non-hydrogen) atoms. The Bertz CT molecular complexity index is 907. The number of hydrogen-bond acceptors (Lipinski definition) is 5. The summed E-state index contributed by atoms with van der Waals surface area (Å²) in [6.07, 6.45) is 4.03. The largest absolute Gasteiger partial charge is 0.506 e. The lowest BCUT2D eigenvalue weighted by Crippen LogP contribution is -2.20. The average molecular weight is 352 g/mol. The van der Waals surface area contributed by atoms with E-state index in [9.17, 15) is 9.90 Å². The molecule has 0 saturated heterocycles. The predicted octanol–water partition coefficient (Wildman–Crippen LogP) is 2.86. The number of benzene rings is 2. The van der Waals surface area contributed by atoms with Crippen molar-refractivity contribution >= 4 is 11.6 Å². The van der Waals surface area contributed by atoms with Crippen LogP contribution < -0.4 is 10.1 Å². The van der Waals surface area contributed by atoms with Gasteiger partial charge in [0.1, 0.15) is 24.2 Å². The summed E-state index contributed by atoms with van der Waals surface area (Å²) in [5, 5.41) is 20.1. The lowest BCUT2D eigenvalue weighted by Gasteiger charge is -2.13. The Morgan fingerprint density at radius 2 is 1.96 bits per heavy atom. The van der Waals surface area contributed by atoms with Crippen molar-refractivity contribution in [3.8, 4) is 17.2 Å². The van der Waals surface area contributed by atoms with Crippen LogP contribution in [-0.2, 0) is 11.2 Å². The Morgan fingerprint density at radius 3 is 2.65 bits per heavy atom. The number of phenolic OH excluding ortho intramolecular Hbond substituents is 1. The average Bonchev–Trinajstić information content (AvgIpc) is 3.17. The van der Waals surface area contributed by atoms with Gasteiger partial charge in [-0.15, -0.1) is 10.2 Å². The summed E-state index contributed by atoms with van der Waals surface area (Å²) in [4.78, 5) is 12.2. The van der Waals surface area contributed by atoms with Gasteiger partial charge >= 0.3 is 0 Å². The van der Waals surface area contributed by atoms with Gasteiger partial charge in [-0.2, -0.15) is 0 Å². The zero-order valence-corrected chi connectivity index (χ0v) is 14.6. The number of nitrogens with one attached hydrogen (secondary N) is 1. The minimum absolute atomic E-state index is 0.0239. The first kappa shape index (κ1) is 17.5. The normalized spacial score (nSPS) is 10.5. The van der Waals surface area contributed by atoms with Gasteiger partial charge in [-0.25, -0.2) is 0 Å². The van der Waals surface area contributed by atoms with E-state index in [-0.39, 0.29) is 18.3 Å². The van der Waals surface area contributed by atoms with Crippen LogP contribution in [-0.4, -0.2) is 32.4 Å². The SMILES string of the molecule is CCc1ccc(OCC(=O)Nc2ccc(C)cc2O)c(-n2cnnc2)c1. The maximum atomic E-state index is 12.2. The Balaban J connectivity index is 1.72. The van der Waals surface area contributed by atoms with E-state index in [1.54, 1.807) is 29.4 Å². The van der Waals surface area contributed by atoms with Gasteiger partial charge in [0, 0.05) is 0 Å². The van der Waals surface area contributed by atoms with Crippen molar-refractivity contribution in [1.29, 1.82) is 0 Å². The van der Waals surface area contributed by atoms with Crippen LogP contribution in [0.25, 0.3) is 5.69 Å². The van der Waals surface area contributed by atoms with Gasteiger partial charge in [-0.05, 0) is 48.7 Å². The fourth-order valence-electron chi connectivity index (χ4n) is 2.51. The molecule has 0 fully saturated rings. The summed E-state index contributed by atoms with van der Waals surface area (Å²) in [6, 6.07) is 10.8. The Hall–Kier alpha value is -3.35. The lowest BCUT2D eigenvalue weighted by molar-refractivity contribution is -0.118. The van der Waals surface area contributed by atoms with Crippen molar-refractivity contribution < 1.29 is 14.6 Å². The van der Waals surface area contributed by atoms with E-state index in [1.165, 1.54) is 0 Å². The number of amides is 1. The number of carbonyl (C=O) groups excluding carboxylic acids is 1. The van der Waals surface area contributed by atoms with E-state index in [1.807, 2.05) is 31.2 Å². The van der Waals surface area contributed by atoms with E-state index in [0.717, 1.165) is 23.2 Å². The summed E-state index contributed by atoms with van der Waals surface area (Å²) in [5.74, 6) is 0.208. The van der Waals surface area contributed by atoms with Crippen molar-refractivity contribution in [2.45, 2.75) is 20.3 Å². The standard InChI is InChI=1S/C19H20N4O3/c1-3-14-5-7-18(16(9-14)23-11-20-21-12-23)26-10-19(25)22-15-6-4-13(2)8-17(15)24/h4-9,11-12,24H,3,10H2,1-2H3,(H,22,25). The molecule has 2 aromatic carbocycles. The summed E-state index contributed by atoms with van der Waals surface area (Å²) in [7, 11) is 0. The molecule has 0 spiro atoms. The van der Waals surface area contributed by atoms with Gasteiger partial charge in [0.15, 0.2) is 6.61 Å². The predicted molar refractivity (Wildman–Crippen MR) is 97.7 cm³/mol. The number of aryl methyl sites for hydroxylation is 2. The second-order valence-electron chi connectivity index (χ2n) is 5.88. The third-order valence-corrected chi connectivity index (χ3v) is 3.91. The number of nitrogens with zero attached hydrogens (tertiary/aromatic N) is 3. The lowest BCUT2D eigenvalue weighted by atomic mass is 10.1. The maximum absolute atomic E-state index is 12.2. The number of aromatic hydroxyl groups is 1. The van der Waals surface area contributed by atoms with Crippen molar-refractivity contribution in [3.05, 3.63) is 60.2 Å². The highest BCUT2D eigenvalue weighted by Crippen LogP contribution is 2.26. The highest BCUT2D eigenvalue weighted by atomic mass is 16.5. The van der Waals surface area contributed by atoms with Crippen molar-refractivity contribution in [2.24, 2.45) is 0 Å². The first-order valence-corrected chi connectivity index (χ1v) is 8.27. The topological polar surface area (TPSA) is 89.3 Å². The van der Waals surface area contributed by atoms with E-state index in [2.05, 4.69) is 22.4 Å². The fraction of sp³-hybridized carbons (Fsp3) is 0.211. The molecule has 3 aromatic rings. The summed E-state index contributed by atoms with van der Waals surface area (Å²) in [5.41, 5.74) is 3.16. The number of hydrogen-bond donors (Lipinski definition) is 2. The van der Waals surface area contributed by atoms with Crippen LogP contribution in [0, 0.1) is 6.92 Å². The van der Waals surface area contributed by atoms with Crippen LogP contribution in [0.15, 0.2) is 49.1 Å². The van der Waals surface area contributed by atoms with E-state index >= 15 is 0 Å². The molecule has 0 bridgehead atoms. The highest BCUT2D eigenvalue weighted by Gasteiger charge is 2.11. The fourth-order valence-corrected chi connectivity index (χ4v) is 2.51. The van der Waals surface area contributed by atoms with Gasteiger partial charge in [0.05, 0.1) is 11.4 Å². The van der Waals surface area contributed by atoms with Crippen LogP contribution in [0.4, 0.5) is 5.69 Å². The number of phenols is 1. The highest BCUT2D eigenvalue weighted by molar-refractivity contribution is 5.93. The van der Waals surface area contributed by atoms with Gasteiger partial charge in [-0.3, -0.25) is 9.36 Å². The summed E-state index contributed by atoms with van der Waals surface area (Å²) >= 11 is 0. The molecule has 1 heterocycles. The van der Waals surface area contributed by atoms with Gasteiger partial charge in [0.25, 0.3) is 5.91 Å². The first-order valence-electron chi connectivity index (χ1n) is 8.27. The van der Waals surface area contributed by atoms with E-state index < -0.39 is 0 Å². The number of anilines is 1. The summed E-state index contributed by atoms with van der Waals surface area (Å²) in [6.45, 7) is 3.74. The zero-order chi connectivity index (χ0) is 18.5. The second-order valence-corrected chi connectivity index (χ2v) is 5.88. The van der Waals surface area contributed by atoms with Crippen LogP contribution in [0.3, 0.4) is 0 Å². The number of aromatic nitrogens is 3. The molecule has 1 amide bonds. The minimum Gasteiger partial charge on any atom is -0.506 e. The molecule has 7 nitrogen and oxygen atoms in total. The molecule has 3 rings (SSSR count). The van der Waals surface area contributed by atoms with Crippen LogP contribution in [0.2, 0.25) is 0 Å². The third-order valence-electron chi connectivity index (χ3n) is 3.91. The molecule has 134 valence electrons. The van der Waals surface area contributed by atoms with Gasteiger partial charge in [-0.1, -0.05) is 19.1 Å². The van der Waals surface area contributed by atoms with E-state index in [4.69, 9.17) is 4.74 Å². The van der Waals surface area contributed by atoms with Gasteiger partial charge in [0.2, 0.25) is 0 Å². The molecular formula is C19H20N4O3. The van der Waals surface area contributed by atoms with Gasteiger partial charge < -0.3 is 15.2 Å². The monoisotopic (exact) mass is 352 g/mol. The molecular weight excluding hydrogens is 332 g/mol. The molecule has 0 atom stereocenters. The molecule has 0 aliphatic carbocycles. The molecule has 7 heteroatoms. The van der Waals surface area contributed by atoms with Crippen molar-refractivity contribution in [1.82, 2.24) is 14.8 Å². The minimum atomic E-state index is -0.363. The Morgan fingerprint density at radius 1 is 1.19 bits per heavy atom. The molecule has 0 radical (unpaired) electrons. The zero-order valence-electron chi connectivity index (χ0n) is 14.6. The smallest absolute Gasteiger partial charge is 0.262 e. The number of ether oxygens (including phenoxy) is 1. The number of carbonyl (C=O) groups is 1.